The van der Waals surface area contributed by atoms with E-state index in [1.165, 1.54) is 12.1 Å². The molecule has 2 aromatic carbocycles. The van der Waals surface area contributed by atoms with Gasteiger partial charge in [-0.1, -0.05) is 42.0 Å². The summed E-state index contributed by atoms with van der Waals surface area (Å²) in [7, 11) is 0. The van der Waals surface area contributed by atoms with Crippen LogP contribution in [0.15, 0.2) is 48.5 Å². The minimum atomic E-state index is -0.864. The van der Waals surface area contributed by atoms with E-state index in [1.807, 2.05) is 31.2 Å². The maximum absolute atomic E-state index is 13.7. The molecule has 2 N–H and O–H groups in total. The highest BCUT2D eigenvalue weighted by molar-refractivity contribution is 6.08. The van der Waals surface area contributed by atoms with Gasteiger partial charge in [0.15, 0.2) is 0 Å². The molecule has 1 fully saturated rings. The van der Waals surface area contributed by atoms with Crippen LogP contribution in [0, 0.1) is 18.7 Å². The summed E-state index contributed by atoms with van der Waals surface area (Å²) in [6.07, 6.45) is 0. The molecule has 0 radical (unpaired) electrons. The first-order chi connectivity index (χ1) is 11.1. The molecule has 0 aromatic heterocycles. The number of nitrogens with one attached hydrogen (secondary N) is 2. The molecule has 0 aliphatic carbocycles. The molecule has 0 spiro atoms. The number of hydrogen-bond acceptors (Lipinski definition) is 2. The average molecular weight is 312 g/mol. The molecule has 1 saturated heterocycles. The van der Waals surface area contributed by atoms with E-state index in [0.29, 0.717) is 6.54 Å². The van der Waals surface area contributed by atoms with E-state index in [1.54, 1.807) is 12.1 Å². The highest BCUT2D eigenvalue weighted by Gasteiger charge is 2.41. The van der Waals surface area contributed by atoms with Crippen LogP contribution in [0.4, 0.5) is 10.1 Å². The van der Waals surface area contributed by atoms with Crippen molar-refractivity contribution in [3.05, 3.63) is 65.5 Å². The highest BCUT2D eigenvalue weighted by Crippen LogP contribution is 2.30. The van der Waals surface area contributed by atoms with Crippen molar-refractivity contribution in [2.75, 3.05) is 11.9 Å². The van der Waals surface area contributed by atoms with Crippen LogP contribution in [0.1, 0.15) is 17.0 Å². The number of carbonyl (C=O) groups excluding carboxylic acids is 2. The van der Waals surface area contributed by atoms with Crippen molar-refractivity contribution in [1.82, 2.24) is 5.32 Å². The maximum atomic E-state index is 13.7. The van der Waals surface area contributed by atoms with Gasteiger partial charge in [-0.3, -0.25) is 9.59 Å². The zero-order valence-electron chi connectivity index (χ0n) is 12.7. The third-order valence-corrected chi connectivity index (χ3v) is 4.10. The molecule has 4 nitrogen and oxygen atoms in total. The van der Waals surface area contributed by atoms with E-state index in [-0.39, 0.29) is 17.5 Å². The van der Waals surface area contributed by atoms with Crippen molar-refractivity contribution in [2.45, 2.75) is 12.8 Å². The molecule has 1 heterocycles. The summed E-state index contributed by atoms with van der Waals surface area (Å²) < 4.78 is 13.7. The standard InChI is InChI=1S/C18H17FN2O2/c1-11-6-8-12(9-7-11)13-10-20-17(22)16(13)18(23)21-15-5-3-2-4-14(15)19/h2-9,13,16H,10H2,1H3,(H,20,22)(H,21,23). The second-order valence-corrected chi connectivity index (χ2v) is 5.71. The number of aryl methyl sites for hydroxylation is 1. The number of halogens is 1. The van der Waals surface area contributed by atoms with E-state index in [4.69, 9.17) is 0 Å². The van der Waals surface area contributed by atoms with Crippen molar-refractivity contribution < 1.29 is 14.0 Å². The van der Waals surface area contributed by atoms with Crippen LogP contribution < -0.4 is 10.6 Å². The fraction of sp³-hybridized carbons (Fsp3) is 0.222. The lowest BCUT2D eigenvalue weighted by atomic mass is 9.87. The van der Waals surface area contributed by atoms with Gasteiger partial charge in [0.1, 0.15) is 11.7 Å². The van der Waals surface area contributed by atoms with Gasteiger partial charge in [0.05, 0.1) is 5.69 Å². The van der Waals surface area contributed by atoms with Gasteiger partial charge in [-0.05, 0) is 24.6 Å². The fourth-order valence-electron chi connectivity index (χ4n) is 2.82. The Morgan fingerprint density at radius 3 is 2.57 bits per heavy atom. The molecule has 0 saturated carbocycles. The molecule has 23 heavy (non-hydrogen) atoms. The summed E-state index contributed by atoms with van der Waals surface area (Å²) in [6.45, 7) is 2.38. The van der Waals surface area contributed by atoms with Crippen LogP contribution in [0.5, 0.6) is 0 Å². The van der Waals surface area contributed by atoms with Gasteiger partial charge in [0.25, 0.3) is 0 Å². The number of carbonyl (C=O) groups is 2. The van der Waals surface area contributed by atoms with Crippen LogP contribution in [0.2, 0.25) is 0 Å². The van der Waals surface area contributed by atoms with E-state index >= 15 is 0 Å². The third-order valence-electron chi connectivity index (χ3n) is 4.10. The summed E-state index contributed by atoms with van der Waals surface area (Å²) in [6, 6.07) is 13.7. The van der Waals surface area contributed by atoms with Gasteiger partial charge in [0, 0.05) is 12.5 Å². The Labute approximate surface area is 133 Å². The molecule has 2 unspecified atom stereocenters. The van der Waals surface area contributed by atoms with Crippen molar-refractivity contribution in [3.63, 3.8) is 0 Å². The van der Waals surface area contributed by atoms with Gasteiger partial charge in [0.2, 0.25) is 11.8 Å². The lowest BCUT2D eigenvalue weighted by Gasteiger charge is -2.17. The van der Waals surface area contributed by atoms with Crippen LogP contribution >= 0.6 is 0 Å². The molecular weight excluding hydrogens is 295 g/mol. The normalized spacial score (nSPS) is 20.2. The van der Waals surface area contributed by atoms with Gasteiger partial charge in [-0.25, -0.2) is 4.39 Å². The molecule has 2 aromatic rings. The Kier molecular flexibility index (Phi) is 4.10. The fourth-order valence-corrected chi connectivity index (χ4v) is 2.82. The Morgan fingerprint density at radius 1 is 1.17 bits per heavy atom. The first kappa shape index (κ1) is 15.2. The van der Waals surface area contributed by atoms with Crippen molar-refractivity contribution >= 4 is 17.5 Å². The second kappa shape index (κ2) is 6.20. The highest BCUT2D eigenvalue weighted by atomic mass is 19.1. The summed E-state index contributed by atoms with van der Waals surface area (Å²) in [5.74, 6) is -2.46. The Hall–Kier alpha value is -2.69. The first-order valence-corrected chi connectivity index (χ1v) is 7.46. The minimum absolute atomic E-state index is 0.0832. The number of benzene rings is 2. The van der Waals surface area contributed by atoms with Gasteiger partial charge in [-0.2, -0.15) is 0 Å². The number of rotatable bonds is 3. The molecule has 118 valence electrons. The van der Waals surface area contributed by atoms with Crippen LogP contribution in [0.3, 0.4) is 0 Å². The zero-order chi connectivity index (χ0) is 16.4. The van der Waals surface area contributed by atoms with Gasteiger partial charge >= 0.3 is 0 Å². The Balaban J connectivity index is 1.83. The van der Waals surface area contributed by atoms with Crippen molar-refractivity contribution in [3.8, 4) is 0 Å². The molecular formula is C18H17FN2O2. The van der Waals surface area contributed by atoms with Crippen LogP contribution in [-0.2, 0) is 9.59 Å². The Morgan fingerprint density at radius 2 is 1.87 bits per heavy atom. The third kappa shape index (κ3) is 3.08. The molecule has 1 aliphatic rings. The SMILES string of the molecule is Cc1ccc(C2CNC(=O)C2C(=O)Nc2ccccc2F)cc1. The summed E-state index contributed by atoms with van der Waals surface area (Å²) in [5.41, 5.74) is 2.11. The number of hydrogen-bond donors (Lipinski definition) is 2. The number of amides is 2. The van der Waals surface area contributed by atoms with Crippen LogP contribution in [0.25, 0.3) is 0 Å². The number of anilines is 1. The molecule has 1 aliphatic heterocycles. The second-order valence-electron chi connectivity index (χ2n) is 5.71. The summed E-state index contributed by atoms with van der Waals surface area (Å²) >= 11 is 0. The topological polar surface area (TPSA) is 58.2 Å². The van der Waals surface area contributed by atoms with E-state index < -0.39 is 17.6 Å². The first-order valence-electron chi connectivity index (χ1n) is 7.46. The van der Waals surface area contributed by atoms with Crippen molar-refractivity contribution in [2.24, 2.45) is 5.92 Å². The smallest absolute Gasteiger partial charge is 0.237 e. The molecule has 2 atom stereocenters. The quantitative estimate of drug-likeness (QED) is 0.856. The average Bonchev–Trinajstić information content (AvgIpc) is 2.92. The van der Waals surface area contributed by atoms with Gasteiger partial charge in [-0.15, -0.1) is 0 Å². The predicted octanol–water partition coefficient (Wildman–Crippen LogP) is 2.60. The van der Waals surface area contributed by atoms with E-state index in [9.17, 15) is 14.0 Å². The molecule has 2 amide bonds. The van der Waals surface area contributed by atoms with Crippen molar-refractivity contribution in [1.29, 1.82) is 0 Å². The lowest BCUT2D eigenvalue weighted by molar-refractivity contribution is -0.130. The van der Waals surface area contributed by atoms with Crippen LogP contribution in [-0.4, -0.2) is 18.4 Å². The minimum Gasteiger partial charge on any atom is -0.355 e. The monoisotopic (exact) mass is 312 g/mol. The predicted molar refractivity (Wildman–Crippen MR) is 85.4 cm³/mol. The lowest BCUT2D eigenvalue weighted by Crippen LogP contribution is -2.32. The molecule has 3 rings (SSSR count). The maximum Gasteiger partial charge on any atom is 0.237 e. The molecule has 0 bridgehead atoms. The largest absolute Gasteiger partial charge is 0.355 e. The zero-order valence-corrected chi connectivity index (χ0v) is 12.7. The molecule has 5 heteroatoms. The van der Waals surface area contributed by atoms with Gasteiger partial charge < -0.3 is 10.6 Å². The van der Waals surface area contributed by atoms with E-state index in [0.717, 1.165) is 11.1 Å². The van der Waals surface area contributed by atoms with E-state index in [2.05, 4.69) is 10.6 Å². The Bertz CT molecular complexity index is 743. The summed E-state index contributed by atoms with van der Waals surface area (Å²) in [4.78, 5) is 24.6. The summed E-state index contributed by atoms with van der Waals surface area (Å²) in [5, 5.41) is 5.24. The number of para-hydroxylation sites is 1.